The summed E-state index contributed by atoms with van der Waals surface area (Å²) in [6.45, 7) is 0. The van der Waals surface area contributed by atoms with Crippen LogP contribution in [0.5, 0.6) is 0 Å². The number of nitrogens with zero attached hydrogens (tertiary/aromatic N) is 2. The smallest absolute Gasteiger partial charge is 0.434 e. The first-order valence-electron chi connectivity index (χ1n) is 5.56. The second-order valence-electron chi connectivity index (χ2n) is 3.99. The third-order valence-corrected chi connectivity index (χ3v) is 3.00. The van der Waals surface area contributed by atoms with Crippen molar-refractivity contribution in [2.75, 3.05) is 5.32 Å². The molecule has 2 rings (SSSR count). The molecule has 22 heavy (non-hydrogen) atoms. The molecule has 0 saturated heterocycles. The van der Waals surface area contributed by atoms with Gasteiger partial charge in [-0.2, -0.15) is 13.2 Å². The fourth-order valence-corrected chi connectivity index (χ4v) is 1.97. The number of hydrogen-bond acceptors (Lipinski definition) is 5. The highest BCUT2D eigenvalue weighted by molar-refractivity contribution is 6.36. The molecule has 1 heterocycles. The minimum atomic E-state index is -4.97. The third kappa shape index (κ3) is 3.58. The number of rotatable bonds is 3. The molecule has 1 N–H and O–H groups in total. The van der Waals surface area contributed by atoms with E-state index < -0.39 is 29.4 Å². The van der Waals surface area contributed by atoms with Crippen molar-refractivity contribution in [2.24, 2.45) is 0 Å². The number of halogens is 5. The number of benzene rings is 1. The van der Waals surface area contributed by atoms with Crippen LogP contribution in [0.2, 0.25) is 10.0 Å². The minimum absolute atomic E-state index is 0.133. The maximum Gasteiger partial charge on any atom is 0.434 e. The quantitative estimate of drug-likeness (QED) is 0.920. The molecular formula is C12H5Cl2F3N3O2-. The normalized spacial score (nSPS) is 11.3. The van der Waals surface area contributed by atoms with E-state index in [2.05, 4.69) is 15.3 Å². The van der Waals surface area contributed by atoms with E-state index in [1.807, 2.05) is 0 Å². The van der Waals surface area contributed by atoms with Crippen LogP contribution in [0.25, 0.3) is 0 Å². The number of carbonyl (C=O) groups excluding carboxylic acids is 1. The van der Waals surface area contributed by atoms with Gasteiger partial charge in [0.15, 0.2) is 5.69 Å². The van der Waals surface area contributed by atoms with Crippen molar-refractivity contribution < 1.29 is 23.1 Å². The lowest BCUT2D eigenvalue weighted by molar-refractivity contribution is -0.256. The zero-order chi connectivity index (χ0) is 16.5. The van der Waals surface area contributed by atoms with Gasteiger partial charge in [-0.3, -0.25) is 0 Å². The van der Waals surface area contributed by atoms with Crippen molar-refractivity contribution in [3.8, 4) is 0 Å². The molecule has 0 saturated carbocycles. The van der Waals surface area contributed by atoms with Gasteiger partial charge in [-0.25, -0.2) is 9.97 Å². The zero-order valence-corrected chi connectivity index (χ0v) is 11.9. The van der Waals surface area contributed by atoms with Crippen LogP contribution in [0.4, 0.5) is 24.8 Å². The molecule has 1 aromatic carbocycles. The predicted octanol–water partition coefficient (Wildman–Crippen LogP) is 2.91. The summed E-state index contributed by atoms with van der Waals surface area (Å²) in [5, 5.41) is 13.6. The number of aromatic nitrogens is 2. The minimum Gasteiger partial charge on any atom is -0.545 e. The lowest BCUT2D eigenvalue weighted by Gasteiger charge is -2.14. The Hall–Kier alpha value is -2.06. The van der Waals surface area contributed by atoms with Crippen molar-refractivity contribution in [2.45, 2.75) is 6.18 Å². The molecule has 10 heteroatoms. The van der Waals surface area contributed by atoms with Gasteiger partial charge in [-0.1, -0.05) is 23.2 Å². The Morgan fingerprint density at radius 1 is 1.27 bits per heavy atom. The van der Waals surface area contributed by atoms with E-state index in [1.165, 1.54) is 18.2 Å². The number of carbonyl (C=O) groups is 1. The van der Waals surface area contributed by atoms with Crippen LogP contribution >= 0.6 is 23.2 Å². The van der Waals surface area contributed by atoms with Gasteiger partial charge in [0.2, 0.25) is 5.95 Å². The predicted molar refractivity (Wildman–Crippen MR) is 71.1 cm³/mol. The fraction of sp³-hybridized carbons (Fsp3) is 0.0833. The van der Waals surface area contributed by atoms with E-state index in [0.29, 0.717) is 11.2 Å². The first kappa shape index (κ1) is 16.3. The van der Waals surface area contributed by atoms with Gasteiger partial charge in [-0.15, -0.1) is 0 Å². The Labute approximate surface area is 131 Å². The molecule has 1 aromatic heterocycles. The summed E-state index contributed by atoms with van der Waals surface area (Å²) < 4.78 is 38.4. The van der Waals surface area contributed by atoms with Crippen LogP contribution in [0.1, 0.15) is 16.1 Å². The van der Waals surface area contributed by atoms with E-state index in [-0.39, 0.29) is 10.7 Å². The summed E-state index contributed by atoms with van der Waals surface area (Å²) in [5.41, 5.74) is -2.56. The van der Waals surface area contributed by atoms with Gasteiger partial charge in [0.1, 0.15) is 0 Å². The lowest BCUT2D eigenvalue weighted by atomic mass is 10.2. The molecule has 0 aliphatic rings. The molecule has 0 aliphatic carbocycles. The van der Waals surface area contributed by atoms with E-state index in [9.17, 15) is 23.1 Å². The largest absolute Gasteiger partial charge is 0.545 e. The average molecular weight is 351 g/mol. The number of alkyl halides is 3. The Balaban J connectivity index is 2.43. The van der Waals surface area contributed by atoms with Crippen molar-refractivity contribution in [3.63, 3.8) is 0 Å². The van der Waals surface area contributed by atoms with E-state index in [1.54, 1.807) is 0 Å². The van der Waals surface area contributed by atoms with Crippen molar-refractivity contribution >= 4 is 40.8 Å². The standard InChI is InChI=1S/C12H6Cl2F3N3O2/c13-5-1-2-8(7(14)3-5)19-11-18-4-6(10(21)22)9(20-11)12(15,16)17/h1-4H,(H,21,22)(H,18,19,20)/p-1. The summed E-state index contributed by atoms with van der Waals surface area (Å²) in [7, 11) is 0. The van der Waals surface area contributed by atoms with Gasteiger partial charge < -0.3 is 15.2 Å². The highest BCUT2D eigenvalue weighted by atomic mass is 35.5. The van der Waals surface area contributed by atoms with Crippen molar-refractivity contribution in [1.82, 2.24) is 9.97 Å². The van der Waals surface area contributed by atoms with Crippen molar-refractivity contribution in [3.05, 3.63) is 45.7 Å². The maximum atomic E-state index is 12.8. The van der Waals surface area contributed by atoms with Crippen LogP contribution in [0, 0.1) is 0 Å². The molecule has 0 fully saturated rings. The summed E-state index contributed by atoms with van der Waals surface area (Å²) in [6.07, 6.45) is -4.46. The van der Waals surface area contributed by atoms with Gasteiger partial charge in [-0.05, 0) is 18.2 Å². The highest BCUT2D eigenvalue weighted by Gasteiger charge is 2.36. The van der Waals surface area contributed by atoms with Gasteiger partial charge in [0.05, 0.1) is 16.7 Å². The molecule has 116 valence electrons. The number of anilines is 2. The molecule has 2 aromatic rings. The molecule has 0 atom stereocenters. The Morgan fingerprint density at radius 2 is 1.95 bits per heavy atom. The molecule has 5 nitrogen and oxygen atoms in total. The Kier molecular flexibility index (Phi) is 4.43. The van der Waals surface area contributed by atoms with Crippen LogP contribution in [0.15, 0.2) is 24.4 Å². The first-order valence-corrected chi connectivity index (χ1v) is 6.31. The van der Waals surface area contributed by atoms with Crippen LogP contribution in [0.3, 0.4) is 0 Å². The molecule has 0 spiro atoms. The Bertz CT molecular complexity index is 738. The van der Waals surface area contributed by atoms with Gasteiger partial charge in [0.25, 0.3) is 0 Å². The van der Waals surface area contributed by atoms with Crippen LogP contribution in [-0.2, 0) is 6.18 Å². The summed E-state index contributed by atoms with van der Waals surface area (Å²) >= 11 is 11.6. The lowest BCUT2D eigenvalue weighted by Crippen LogP contribution is -2.27. The SMILES string of the molecule is O=C([O-])c1cnc(Nc2ccc(Cl)cc2Cl)nc1C(F)(F)F. The summed E-state index contributed by atoms with van der Waals surface area (Å²) in [5.74, 6) is -2.50. The number of aromatic carboxylic acids is 1. The molecule has 0 unspecified atom stereocenters. The summed E-state index contributed by atoms with van der Waals surface area (Å²) in [4.78, 5) is 17.3. The molecule has 0 bridgehead atoms. The maximum absolute atomic E-state index is 12.8. The van der Waals surface area contributed by atoms with E-state index >= 15 is 0 Å². The van der Waals surface area contributed by atoms with Gasteiger partial charge in [0, 0.05) is 16.8 Å². The zero-order valence-electron chi connectivity index (χ0n) is 10.4. The second kappa shape index (κ2) is 5.98. The number of hydrogen-bond donors (Lipinski definition) is 1. The van der Waals surface area contributed by atoms with Gasteiger partial charge >= 0.3 is 6.18 Å². The molecule has 0 amide bonds. The second-order valence-corrected chi connectivity index (χ2v) is 4.83. The average Bonchev–Trinajstić information content (AvgIpc) is 2.40. The number of carboxylic acid groups (broad SMARTS) is 1. The van der Waals surface area contributed by atoms with Crippen LogP contribution in [-0.4, -0.2) is 15.9 Å². The van der Waals surface area contributed by atoms with Crippen molar-refractivity contribution in [1.29, 1.82) is 0 Å². The molecular weight excluding hydrogens is 346 g/mol. The first-order chi connectivity index (χ1) is 10.2. The monoisotopic (exact) mass is 350 g/mol. The van der Waals surface area contributed by atoms with Crippen LogP contribution < -0.4 is 10.4 Å². The topological polar surface area (TPSA) is 77.9 Å². The fourth-order valence-electron chi connectivity index (χ4n) is 1.52. The number of carboxylic acids is 1. The Morgan fingerprint density at radius 3 is 2.50 bits per heavy atom. The van der Waals surface area contributed by atoms with E-state index in [0.717, 1.165) is 0 Å². The molecule has 0 radical (unpaired) electrons. The molecule has 0 aliphatic heterocycles. The van der Waals surface area contributed by atoms with E-state index in [4.69, 9.17) is 23.2 Å². The summed E-state index contributed by atoms with van der Waals surface area (Å²) in [6, 6.07) is 4.23. The third-order valence-electron chi connectivity index (χ3n) is 2.45. The highest BCUT2D eigenvalue weighted by Crippen LogP contribution is 2.32. The number of nitrogens with one attached hydrogen (secondary N) is 1.